The summed E-state index contributed by atoms with van der Waals surface area (Å²) in [5, 5.41) is 2.91. The van der Waals surface area contributed by atoms with E-state index in [9.17, 15) is 4.79 Å². The van der Waals surface area contributed by atoms with Crippen LogP contribution in [-0.2, 0) is 5.75 Å². The van der Waals surface area contributed by atoms with Gasteiger partial charge >= 0.3 is 0 Å². The number of amides is 1. The highest BCUT2D eigenvalue weighted by molar-refractivity contribution is 7.98. The van der Waals surface area contributed by atoms with Gasteiger partial charge in [0, 0.05) is 33.5 Å². The van der Waals surface area contributed by atoms with E-state index in [0.717, 1.165) is 11.3 Å². The molecule has 5 heteroatoms. The van der Waals surface area contributed by atoms with Gasteiger partial charge in [-0.3, -0.25) is 4.79 Å². The van der Waals surface area contributed by atoms with E-state index in [1.807, 2.05) is 30.3 Å². The lowest BCUT2D eigenvalue weighted by Gasteiger charge is -2.12. The molecule has 28 heavy (non-hydrogen) atoms. The van der Waals surface area contributed by atoms with Crippen LogP contribution in [0.5, 0.6) is 11.5 Å². The molecule has 1 amide bonds. The van der Waals surface area contributed by atoms with Gasteiger partial charge in [0.15, 0.2) is 0 Å². The van der Waals surface area contributed by atoms with E-state index in [2.05, 4.69) is 36.5 Å². The van der Waals surface area contributed by atoms with Crippen molar-refractivity contribution in [1.29, 1.82) is 0 Å². The second-order valence-corrected chi connectivity index (χ2v) is 7.36. The predicted octanol–water partition coefficient (Wildman–Crippen LogP) is 5.56. The second kappa shape index (κ2) is 9.33. The lowest BCUT2D eigenvalue weighted by Crippen LogP contribution is -2.12. The molecular weight excluding hydrogens is 370 g/mol. The van der Waals surface area contributed by atoms with Crippen LogP contribution in [0, 0.1) is 6.92 Å². The molecule has 0 unspecified atom stereocenters. The van der Waals surface area contributed by atoms with E-state index >= 15 is 0 Å². The molecule has 0 atom stereocenters. The van der Waals surface area contributed by atoms with Gasteiger partial charge in [-0.05, 0) is 49.4 Å². The molecule has 0 aliphatic rings. The van der Waals surface area contributed by atoms with Crippen molar-refractivity contribution in [2.24, 2.45) is 0 Å². The zero-order chi connectivity index (χ0) is 19.9. The van der Waals surface area contributed by atoms with Crippen molar-refractivity contribution < 1.29 is 14.3 Å². The Hall–Kier alpha value is -2.92. The van der Waals surface area contributed by atoms with Crippen molar-refractivity contribution in [2.75, 3.05) is 19.5 Å². The first-order chi connectivity index (χ1) is 13.6. The standard InChI is InChI=1S/C23H23NO3S/c1-16-7-10-21(11-8-16)28-15-18-13-17(9-12-22(18)27-3)23(25)24-19-5-4-6-20(14-19)26-2/h4-14H,15H2,1-3H3,(H,24,25). The highest BCUT2D eigenvalue weighted by Crippen LogP contribution is 2.29. The molecule has 0 aromatic heterocycles. The van der Waals surface area contributed by atoms with Crippen molar-refractivity contribution in [2.45, 2.75) is 17.6 Å². The fourth-order valence-electron chi connectivity index (χ4n) is 2.73. The van der Waals surface area contributed by atoms with Crippen LogP contribution in [-0.4, -0.2) is 20.1 Å². The molecule has 0 radical (unpaired) electrons. The lowest BCUT2D eigenvalue weighted by atomic mass is 10.1. The van der Waals surface area contributed by atoms with Crippen molar-refractivity contribution in [3.63, 3.8) is 0 Å². The second-order valence-electron chi connectivity index (χ2n) is 6.31. The Balaban J connectivity index is 1.75. The van der Waals surface area contributed by atoms with E-state index < -0.39 is 0 Å². The average molecular weight is 394 g/mol. The first-order valence-corrected chi connectivity index (χ1v) is 9.89. The zero-order valence-electron chi connectivity index (χ0n) is 16.2. The normalized spacial score (nSPS) is 10.4. The largest absolute Gasteiger partial charge is 0.497 e. The van der Waals surface area contributed by atoms with Gasteiger partial charge in [-0.2, -0.15) is 0 Å². The third-order valence-corrected chi connectivity index (χ3v) is 5.35. The molecule has 0 saturated carbocycles. The summed E-state index contributed by atoms with van der Waals surface area (Å²) in [7, 11) is 3.24. The monoisotopic (exact) mass is 393 g/mol. The van der Waals surface area contributed by atoms with Gasteiger partial charge in [0.2, 0.25) is 0 Å². The maximum absolute atomic E-state index is 12.7. The molecule has 1 N–H and O–H groups in total. The van der Waals surface area contributed by atoms with Gasteiger partial charge in [0.1, 0.15) is 11.5 Å². The van der Waals surface area contributed by atoms with Gasteiger partial charge < -0.3 is 14.8 Å². The molecule has 0 aliphatic carbocycles. The van der Waals surface area contributed by atoms with Crippen molar-refractivity contribution >= 4 is 23.4 Å². The summed E-state index contributed by atoms with van der Waals surface area (Å²) >= 11 is 1.71. The minimum absolute atomic E-state index is 0.169. The number of hydrogen-bond acceptors (Lipinski definition) is 4. The maximum Gasteiger partial charge on any atom is 0.255 e. The Bertz CT molecular complexity index is 954. The van der Waals surface area contributed by atoms with Gasteiger partial charge in [0.05, 0.1) is 14.2 Å². The third-order valence-electron chi connectivity index (χ3n) is 4.29. The number of carbonyl (C=O) groups is 1. The average Bonchev–Trinajstić information content (AvgIpc) is 2.73. The fourth-order valence-corrected chi connectivity index (χ4v) is 3.61. The molecular formula is C23H23NO3S. The van der Waals surface area contributed by atoms with E-state index in [-0.39, 0.29) is 5.91 Å². The summed E-state index contributed by atoms with van der Waals surface area (Å²) in [5.74, 6) is 2.02. The Morgan fingerprint density at radius 1 is 0.964 bits per heavy atom. The van der Waals surface area contributed by atoms with Crippen molar-refractivity contribution in [3.05, 3.63) is 83.4 Å². The summed E-state index contributed by atoms with van der Waals surface area (Å²) in [6.45, 7) is 2.07. The topological polar surface area (TPSA) is 47.6 Å². The van der Waals surface area contributed by atoms with Crippen LogP contribution in [0.2, 0.25) is 0 Å². The van der Waals surface area contributed by atoms with Gasteiger partial charge in [-0.25, -0.2) is 0 Å². The van der Waals surface area contributed by atoms with Crippen LogP contribution in [0.15, 0.2) is 71.6 Å². The first-order valence-electron chi connectivity index (χ1n) is 8.91. The fraction of sp³-hybridized carbons (Fsp3) is 0.174. The van der Waals surface area contributed by atoms with Gasteiger partial charge in [0.25, 0.3) is 5.91 Å². The SMILES string of the molecule is COc1cccc(NC(=O)c2ccc(OC)c(CSc3ccc(C)cc3)c2)c1. The van der Waals surface area contributed by atoms with Crippen LogP contribution >= 0.6 is 11.8 Å². The van der Waals surface area contributed by atoms with Crippen molar-refractivity contribution in [3.8, 4) is 11.5 Å². The Labute approximate surface area is 169 Å². The number of methoxy groups -OCH3 is 2. The number of carbonyl (C=O) groups excluding carboxylic acids is 1. The van der Waals surface area contributed by atoms with Crippen LogP contribution in [0.4, 0.5) is 5.69 Å². The Kier molecular flexibility index (Phi) is 6.61. The summed E-state index contributed by atoms with van der Waals surface area (Å²) in [6.07, 6.45) is 0. The van der Waals surface area contributed by atoms with Crippen LogP contribution in [0.3, 0.4) is 0 Å². The minimum atomic E-state index is -0.169. The van der Waals surface area contributed by atoms with Gasteiger partial charge in [-0.15, -0.1) is 11.8 Å². The molecule has 0 fully saturated rings. The van der Waals surface area contributed by atoms with Gasteiger partial charge in [-0.1, -0.05) is 23.8 Å². The number of benzene rings is 3. The summed E-state index contributed by atoms with van der Waals surface area (Å²) in [4.78, 5) is 13.9. The lowest BCUT2D eigenvalue weighted by molar-refractivity contribution is 0.102. The number of aryl methyl sites for hydroxylation is 1. The van der Waals surface area contributed by atoms with Crippen molar-refractivity contribution in [1.82, 2.24) is 0 Å². The molecule has 0 saturated heterocycles. The van der Waals surface area contributed by atoms with Crippen LogP contribution in [0.1, 0.15) is 21.5 Å². The number of anilines is 1. The van der Waals surface area contributed by atoms with E-state index in [1.165, 1.54) is 10.5 Å². The quantitative estimate of drug-likeness (QED) is 0.534. The summed E-state index contributed by atoms with van der Waals surface area (Å²) < 4.78 is 10.7. The molecule has 3 aromatic carbocycles. The molecule has 3 aromatic rings. The Morgan fingerprint density at radius 2 is 1.75 bits per heavy atom. The summed E-state index contributed by atoms with van der Waals surface area (Å²) in [5.41, 5.74) is 3.49. The van der Waals surface area contributed by atoms with Crippen LogP contribution < -0.4 is 14.8 Å². The van der Waals surface area contributed by atoms with Crippen LogP contribution in [0.25, 0.3) is 0 Å². The number of thioether (sulfide) groups is 1. The maximum atomic E-state index is 12.7. The molecule has 144 valence electrons. The van der Waals surface area contributed by atoms with E-state index in [4.69, 9.17) is 9.47 Å². The number of hydrogen-bond donors (Lipinski definition) is 1. The smallest absolute Gasteiger partial charge is 0.255 e. The highest BCUT2D eigenvalue weighted by Gasteiger charge is 2.11. The molecule has 0 heterocycles. The first kappa shape index (κ1) is 19.8. The Morgan fingerprint density at radius 3 is 2.46 bits per heavy atom. The molecule has 4 nitrogen and oxygen atoms in total. The minimum Gasteiger partial charge on any atom is -0.497 e. The number of rotatable bonds is 7. The third kappa shape index (κ3) is 5.08. The van der Waals surface area contributed by atoms with E-state index in [0.29, 0.717) is 22.8 Å². The number of ether oxygens (including phenoxy) is 2. The molecule has 0 aliphatic heterocycles. The molecule has 3 rings (SSSR count). The highest BCUT2D eigenvalue weighted by atomic mass is 32.2. The molecule has 0 spiro atoms. The predicted molar refractivity (Wildman–Crippen MR) is 115 cm³/mol. The number of nitrogens with one attached hydrogen (secondary N) is 1. The zero-order valence-corrected chi connectivity index (χ0v) is 17.0. The summed E-state index contributed by atoms with van der Waals surface area (Å²) in [6, 6.07) is 21.2. The molecule has 0 bridgehead atoms. The van der Waals surface area contributed by atoms with E-state index in [1.54, 1.807) is 38.1 Å².